The molecule has 1 aliphatic rings. The number of carbonyl (C=O) groups excluding carboxylic acids is 2. The Morgan fingerprint density at radius 3 is 2.70 bits per heavy atom. The molecule has 2 rings (SSSR count). The molecule has 1 aliphatic carbocycles. The highest BCUT2D eigenvalue weighted by Gasteiger charge is 2.31. The van der Waals surface area contributed by atoms with Gasteiger partial charge in [-0.15, -0.1) is 0 Å². The number of hydrogen-bond acceptors (Lipinski definition) is 5. The van der Waals surface area contributed by atoms with E-state index in [9.17, 15) is 14.7 Å². The van der Waals surface area contributed by atoms with Gasteiger partial charge in [0.1, 0.15) is 5.76 Å². The predicted molar refractivity (Wildman–Crippen MR) is 89.7 cm³/mol. The normalized spacial score (nSPS) is 20.3. The molecule has 0 bridgehead atoms. The van der Waals surface area contributed by atoms with E-state index in [1.165, 1.54) is 18.4 Å². The van der Waals surface area contributed by atoms with Crippen LogP contribution in [0.2, 0.25) is 0 Å². The van der Waals surface area contributed by atoms with Crippen LogP contribution in [0.15, 0.2) is 40.2 Å². The highest BCUT2D eigenvalue weighted by Crippen LogP contribution is 2.30. The first-order valence-corrected chi connectivity index (χ1v) is 8.87. The molecule has 1 heterocycles. The van der Waals surface area contributed by atoms with Gasteiger partial charge < -0.3 is 9.52 Å². The fourth-order valence-electron chi connectivity index (χ4n) is 2.85. The van der Waals surface area contributed by atoms with Crippen molar-refractivity contribution < 1.29 is 19.1 Å². The summed E-state index contributed by atoms with van der Waals surface area (Å²) in [6.07, 6.45) is 5.61. The molecule has 1 saturated carbocycles. The van der Waals surface area contributed by atoms with E-state index >= 15 is 0 Å². The zero-order valence-corrected chi connectivity index (χ0v) is 14.2. The first-order chi connectivity index (χ1) is 11.0. The Balaban J connectivity index is 2.06. The summed E-state index contributed by atoms with van der Waals surface area (Å²) in [5.41, 5.74) is -0.181. The second kappa shape index (κ2) is 8.20. The summed E-state index contributed by atoms with van der Waals surface area (Å²) in [6.45, 7) is 4.20. The summed E-state index contributed by atoms with van der Waals surface area (Å²) in [6, 6.07) is 3.40. The fraction of sp³-hybridized carbons (Fsp3) is 0.444. The first-order valence-electron chi connectivity index (χ1n) is 7.82. The Hall–Kier alpha value is -1.75. The van der Waals surface area contributed by atoms with Crippen LogP contribution in [0.1, 0.15) is 38.9 Å². The SMILES string of the molecule is CCSC(C)CC1CC(=O)C(=C([O-])/C=C/c2ccco2)C(=O)C1. The number of carbonyl (C=O) groups is 2. The Labute approximate surface area is 140 Å². The van der Waals surface area contributed by atoms with Crippen molar-refractivity contribution in [1.29, 1.82) is 0 Å². The number of hydrogen-bond donors (Lipinski definition) is 0. The Morgan fingerprint density at radius 1 is 1.43 bits per heavy atom. The van der Waals surface area contributed by atoms with E-state index in [0.29, 0.717) is 11.0 Å². The van der Waals surface area contributed by atoms with E-state index in [0.717, 1.165) is 12.2 Å². The Bertz CT molecular complexity index is 593. The molecule has 0 aromatic carbocycles. The van der Waals surface area contributed by atoms with Gasteiger partial charge in [0.05, 0.1) is 11.8 Å². The number of ketones is 2. The number of furan rings is 1. The number of allylic oxidation sites excluding steroid dienone is 2. The van der Waals surface area contributed by atoms with E-state index in [-0.39, 0.29) is 35.9 Å². The van der Waals surface area contributed by atoms with Gasteiger partial charge in [0.15, 0.2) is 11.6 Å². The van der Waals surface area contributed by atoms with Crippen LogP contribution in [0.3, 0.4) is 0 Å². The van der Waals surface area contributed by atoms with Gasteiger partial charge in [-0.2, -0.15) is 11.8 Å². The van der Waals surface area contributed by atoms with Gasteiger partial charge in [-0.1, -0.05) is 25.7 Å². The van der Waals surface area contributed by atoms with E-state index in [1.54, 1.807) is 12.1 Å². The number of Topliss-reactive ketones (excluding diaryl/α,β-unsaturated/α-hetero) is 2. The van der Waals surface area contributed by atoms with E-state index in [2.05, 4.69) is 13.8 Å². The van der Waals surface area contributed by atoms with Crippen LogP contribution < -0.4 is 5.11 Å². The molecule has 1 unspecified atom stereocenters. The second-order valence-corrected chi connectivity index (χ2v) is 7.43. The monoisotopic (exact) mass is 333 g/mol. The van der Waals surface area contributed by atoms with Crippen LogP contribution in [0, 0.1) is 5.92 Å². The highest BCUT2D eigenvalue weighted by atomic mass is 32.2. The molecule has 1 atom stereocenters. The summed E-state index contributed by atoms with van der Waals surface area (Å²) < 4.78 is 5.09. The molecule has 0 amide bonds. The number of thioether (sulfide) groups is 1. The van der Waals surface area contributed by atoms with Crippen LogP contribution in [0.25, 0.3) is 6.08 Å². The minimum absolute atomic E-state index is 0.0506. The van der Waals surface area contributed by atoms with Crippen molar-refractivity contribution in [2.45, 2.75) is 38.4 Å². The minimum atomic E-state index is -0.522. The average molecular weight is 333 g/mol. The van der Waals surface area contributed by atoms with Crippen LogP contribution in [0.4, 0.5) is 0 Å². The largest absolute Gasteiger partial charge is 0.872 e. The van der Waals surface area contributed by atoms with Crippen molar-refractivity contribution in [1.82, 2.24) is 0 Å². The molecule has 0 N–H and O–H groups in total. The molecule has 23 heavy (non-hydrogen) atoms. The van der Waals surface area contributed by atoms with Gasteiger partial charge in [-0.05, 0) is 36.3 Å². The van der Waals surface area contributed by atoms with Crippen molar-refractivity contribution in [2.24, 2.45) is 5.92 Å². The summed E-state index contributed by atoms with van der Waals surface area (Å²) in [5.74, 6) is 0.407. The topological polar surface area (TPSA) is 70.3 Å². The minimum Gasteiger partial charge on any atom is -0.872 e. The third-order valence-electron chi connectivity index (χ3n) is 3.81. The molecule has 0 aliphatic heterocycles. The Morgan fingerprint density at radius 2 is 2.13 bits per heavy atom. The standard InChI is InChI=1S/C18H22O4S/c1-3-23-12(2)9-13-10-16(20)18(17(21)11-13)15(19)7-6-14-5-4-8-22-14/h4-8,12-13,19H,3,9-11H2,1-2H3/p-1/b7-6+,18-15?. The zero-order chi connectivity index (χ0) is 16.8. The highest BCUT2D eigenvalue weighted by molar-refractivity contribution is 7.99. The van der Waals surface area contributed by atoms with Gasteiger partial charge in [-0.25, -0.2) is 0 Å². The third-order valence-corrected chi connectivity index (χ3v) is 4.91. The lowest BCUT2D eigenvalue weighted by atomic mass is 9.81. The average Bonchev–Trinajstić information content (AvgIpc) is 2.97. The molecular weight excluding hydrogens is 312 g/mol. The Kier molecular flexibility index (Phi) is 6.28. The third kappa shape index (κ3) is 4.86. The van der Waals surface area contributed by atoms with E-state index in [1.807, 2.05) is 11.8 Å². The van der Waals surface area contributed by atoms with Crippen LogP contribution >= 0.6 is 11.8 Å². The summed E-state index contributed by atoms with van der Waals surface area (Å²) >= 11 is 1.82. The molecule has 0 spiro atoms. The van der Waals surface area contributed by atoms with E-state index in [4.69, 9.17) is 4.42 Å². The molecule has 1 aromatic heterocycles. The molecule has 1 fully saturated rings. The summed E-state index contributed by atoms with van der Waals surface area (Å²) in [5, 5.41) is 12.6. The van der Waals surface area contributed by atoms with Crippen LogP contribution in [-0.2, 0) is 9.59 Å². The van der Waals surface area contributed by atoms with Crippen molar-refractivity contribution in [3.05, 3.63) is 41.6 Å². The van der Waals surface area contributed by atoms with Crippen molar-refractivity contribution in [3.8, 4) is 0 Å². The molecule has 1 aromatic rings. The van der Waals surface area contributed by atoms with Gasteiger partial charge >= 0.3 is 0 Å². The number of rotatable bonds is 6. The quantitative estimate of drug-likeness (QED) is 0.455. The summed E-state index contributed by atoms with van der Waals surface area (Å²) in [4.78, 5) is 24.4. The maximum absolute atomic E-state index is 12.2. The maximum Gasteiger partial charge on any atom is 0.166 e. The molecule has 0 saturated heterocycles. The molecule has 0 radical (unpaired) electrons. The first kappa shape index (κ1) is 17.6. The lowest BCUT2D eigenvalue weighted by Crippen LogP contribution is -2.30. The fourth-order valence-corrected chi connectivity index (χ4v) is 3.82. The van der Waals surface area contributed by atoms with E-state index < -0.39 is 5.76 Å². The van der Waals surface area contributed by atoms with Gasteiger partial charge in [0.2, 0.25) is 0 Å². The predicted octanol–water partition coefficient (Wildman–Crippen LogP) is 2.99. The molecule has 5 heteroatoms. The zero-order valence-electron chi connectivity index (χ0n) is 13.4. The second-order valence-electron chi connectivity index (χ2n) is 5.71. The van der Waals surface area contributed by atoms with Gasteiger partial charge in [0.25, 0.3) is 0 Å². The molecule has 4 nitrogen and oxygen atoms in total. The van der Waals surface area contributed by atoms with Crippen molar-refractivity contribution in [2.75, 3.05) is 5.75 Å². The van der Waals surface area contributed by atoms with Gasteiger partial charge in [0, 0.05) is 18.1 Å². The molecular formula is C18H21O4S-. The van der Waals surface area contributed by atoms with Gasteiger partial charge in [-0.3, -0.25) is 9.59 Å². The maximum atomic E-state index is 12.2. The summed E-state index contributed by atoms with van der Waals surface area (Å²) in [7, 11) is 0. The lowest BCUT2D eigenvalue weighted by molar-refractivity contribution is -0.295. The smallest absolute Gasteiger partial charge is 0.166 e. The van der Waals surface area contributed by atoms with Crippen molar-refractivity contribution >= 4 is 29.4 Å². The van der Waals surface area contributed by atoms with Crippen LogP contribution in [0.5, 0.6) is 0 Å². The lowest BCUT2D eigenvalue weighted by Gasteiger charge is -2.26. The van der Waals surface area contributed by atoms with Crippen LogP contribution in [-0.4, -0.2) is 22.6 Å². The van der Waals surface area contributed by atoms with Crippen molar-refractivity contribution in [3.63, 3.8) is 0 Å². The molecule has 124 valence electrons.